The van der Waals surface area contributed by atoms with Gasteiger partial charge in [0.05, 0.1) is 11.1 Å². The first-order valence-electron chi connectivity index (χ1n) is 5.83. The van der Waals surface area contributed by atoms with Crippen molar-refractivity contribution in [3.8, 4) is 0 Å². The summed E-state index contributed by atoms with van der Waals surface area (Å²) >= 11 is 0. The van der Waals surface area contributed by atoms with Gasteiger partial charge in [-0.1, -0.05) is 19.1 Å². The molecule has 0 aliphatic heterocycles. The molecule has 1 amide bonds. The molecular formula is C13H17FN2O. The number of carbonyl (C=O) groups is 1. The lowest BCUT2D eigenvalue weighted by molar-refractivity contribution is -0.132. The molecule has 0 bridgehead atoms. The van der Waals surface area contributed by atoms with Crippen LogP contribution in [0.4, 0.5) is 10.1 Å². The second kappa shape index (κ2) is 4.45. The molecule has 4 heteroatoms. The van der Waals surface area contributed by atoms with Crippen molar-refractivity contribution in [2.45, 2.75) is 19.8 Å². The Morgan fingerprint density at radius 3 is 2.71 bits per heavy atom. The zero-order chi connectivity index (χ0) is 12.5. The molecule has 0 atom stereocenters. The van der Waals surface area contributed by atoms with Crippen molar-refractivity contribution in [2.24, 2.45) is 17.1 Å². The summed E-state index contributed by atoms with van der Waals surface area (Å²) in [5.41, 5.74) is 5.40. The molecule has 0 unspecified atom stereocenters. The third-order valence-electron chi connectivity index (χ3n) is 3.47. The summed E-state index contributed by atoms with van der Waals surface area (Å²) in [5.74, 6) is -0.0616. The fourth-order valence-corrected chi connectivity index (χ4v) is 2.54. The van der Waals surface area contributed by atoms with E-state index in [-0.39, 0.29) is 11.6 Å². The Labute approximate surface area is 100 Å². The lowest BCUT2D eigenvalue weighted by Crippen LogP contribution is -2.51. The number of para-hydroxylation sites is 1. The van der Waals surface area contributed by atoms with Gasteiger partial charge in [-0.05, 0) is 30.9 Å². The summed E-state index contributed by atoms with van der Waals surface area (Å²) in [4.78, 5) is 12.1. The van der Waals surface area contributed by atoms with Crippen LogP contribution >= 0.6 is 0 Å². The van der Waals surface area contributed by atoms with Gasteiger partial charge in [0.25, 0.3) is 0 Å². The van der Waals surface area contributed by atoms with Gasteiger partial charge in [-0.25, -0.2) is 4.39 Å². The summed E-state index contributed by atoms with van der Waals surface area (Å²) in [6, 6.07) is 6.17. The van der Waals surface area contributed by atoms with E-state index < -0.39 is 11.2 Å². The molecule has 0 saturated heterocycles. The number of hydrogen-bond acceptors (Lipinski definition) is 2. The van der Waals surface area contributed by atoms with Crippen molar-refractivity contribution in [1.29, 1.82) is 0 Å². The van der Waals surface area contributed by atoms with Crippen LogP contribution in [-0.2, 0) is 4.79 Å². The predicted octanol–water partition coefficient (Wildman–Crippen LogP) is 2.14. The van der Waals surface area contributed by atoms with E-state index in [2.05, 4.69) is 12.2 Å². The standard InChI is InChI=1S/C13H17FN2O/c1-9-6-13(7-9,8-15)12(17)16-11-5-3-2-4-10(11)14/h2-5,9H,6-8,15H2,1H3,(H,16,17). The van der Waals surface area contributed by atoms with Crippen molar-refractivity contribution in [2.75, 3.05) is 11.9 Å². The molecule has 3 N–H and O–H groups in total. The molecule has 0 spiro atoms. The first-order chi connectivity index (χ1) is 8.07. The average Bonchev–Trinajstić information content (AvgIpc) is 2.27. The average molecular weight is 236 g/mol. The van der Waals surface area contributed by atoms with Crippen LogP contribution in [0, 0.1) is 17.2 Å². The van der Waals surface area contributed by atoms with Crippen LogP contribution in [0.2, 0.25) is 0 Å². The fourth-order valence-electron chi connectivity index (χ4n) is 2.54. The summed E-state index contributed by atoms with van der Waals surface area (Å²) in [6.07, 6.45) is 1.56. The van der Waals surface area contributed by atoms with Gasteiger partial charge in [0, 0.05) is 6.54 Å². The highest BCUT2D eigenvalue weighted by atomic mass is 19.1. The number of benzene rings is 1. The monoisotopic (exact) mass is 236 g/mol. The smallest absolute Gasteiger partial charge is 0.231 e. The van der Waals surface area contributed by atoms with E-state index in [0.717, 1.165) is 12.8 Å². The number of halogens is 1. The van der Waals surface area contributed by atoms with Gasteiger partial charge in [0.1, 0.15) is 5.82 Å². The Morgan fingerprint density at radius 2 is 2.18 bits per heavy atom. The van der Waals surface area contributed by atoms with E-state index in [1.807, 2.05) is 0 Å². The van der Waals surface area contributed by atoms with Crippen molar-refractivity contribution < 1.29 is 9.18 Å². The van der Waals surface area contributed by atoms with Gasteiger partial charge in [-0.3, -0.25) is 4.79 Å². The summed E-state index contributed by atoms with van der Waals surface area (Å²) in [5, 5.41) is 2.63. The molecule has 0 radical (unpaired) electrons. The van der Waals surface area contributed by atoms with Crippen molar-refractivity contribution in [3.05, 3.63) is 30.1 Å². The quantitative estimate of drug-likeness (QED) is 0.844. The normalized spacial score (nSPS) is 27.4. The maximum atomic E-state index is 13.4. The summed E-state index contributed by atoms with van der Waals surface area (Å²) in [6.45, 7) is 2.40. The van der Waals surface area contributed by atoms with E-state index in [1.165, 1.54) is 6.07 Å². The Kier molecular flexibility index (Phi) is 3.15. The van der Waals surface area contributed by atoms with E-state index in [0.29, 0.717) is 12.5 Å². The number of carbonyl (C=O) groups excluding carboxylic acids is 1. The SMILES string of the molecule is CC1CC(CN)(C(=O)Nc2ccccc2F)C1. The number of hydrogen-bond donors (Lipinski definition) is 2. The number of nitrogens with one attached hydrogen (secondary N) is 1. The molecule has 1 aliphatic rings. The van der Waals surface area contributed by atoms with Crippen molar-refractivity contribution in [1.82, 2.24) is 0 Å². The maximum absolute atomic E-state index is 13.4. The molecule has 1 aliphatic carbocycles. The third kappa shape index (κ3) is 2.17. The van der Waals surface area contributed by atoms with E-state index in [9.17, 15) is 9.18 Å². The molecule has 0 aromatic heterocycles. The molecule has 0 heterocycles. The van der Waals surface area contributed by atoms with Gasteiger partial charge in [-0.15, -0.1) is 0 Å². The molecule has 17 heavy (non-hydrogen) atoms. The van der Waals surface area contributed by atoms with Crippen molar-refractivity contribution >= 4 is 11.6 Å². The summed E-state index contributed by atoms with van der Waals surface area (Å²) < 4.78 is 13.4. The molecule has 2 rings (SSSR count). The Balaban J connectivity index is 2.09. The Morgan fingerprint density at radius 1 is 1.53 bits per heavy atom. The van der Waals surface area contributed by atoms with Crippen LogP contribution in [-0.4, -0.2) is 12.5 Å². The van der Waals surface area contributed by atoms with Crippen LogP contribution < -0.4 is 11.1 Å². The van der Waals surface area contributed by atoms with Gasteiger partial charge in [0.2, 0.25) is 5.91 Å². The van der Waals surface area contributed by atoms with Crippen LogP contribution in [0.5, 0.6) is 0 Å². The minimum absolute atomic E-state index is 0.164. The highest BCUT2D eigenvalue weighted by Crippen LogP contribution is 2.45. The zero-order valence-corrected chi connectivity index (χ0v) is 9.87. The topological polar surface area (TPSA) is 55.1 Å². The highest BCUT2D eigenvalue weighted by molar-refractivity contribution is 5.96. The molecule has 92 valence electrons. The summed E-state index contributed by atoms with van der Waals surface area (Å²) in [7, 11) is 0. The number of rotatable bonds is 3. The predicted molar refractivity (Wildman–Crippen MR) is 64.9 cm³/mol. The van der Waals surface area contributed by atoms with Crippen LogP contribution in [0.15, 0.2) is 24.3 Å². The van der Waals surface area contributed by atoms with Gasteiger partial charge in [-0.2, -0.15) is 0 Å². The molecular weight excluding hydrogens is 219 g/mol. The fraction of sp³-hybridized carbons (Fsp3) is 0.462. The zero-order valence-electron chi connectivity index (χ0n) is 9.87. The number of amides is 1. The van der Waals surface area contributed by atoms with Gasteiger partial charge in [0.15, 0.2) is 0 Å². The lowest BCUT2D eigenvalue weighted by Gasteiger charge is -2.44. The van der Waals surface area contributed by atoms with Gasteiger partial charge < -0.3 is 11.1 Å². The molecule has 1 saturated carbocycles. The Hall–Kier alpha value is -1.42. The van der Waals surface area contributed by atoms with Crippen LogP contribution in [0.3, 0.4) is 0 Å². The maximum Gasteiger partial charge on any atom is 0.231 e. The second-order valence-electron chi connectivity index (χ2n) is 4.93. The first-order valence-corrected chi connectivity index (χ1v) is 5.83. The minimum atomic E-state index is -0.498. The van der Waals surface area contributed by atoms with Crippen molar-refractivity contribution in [3.63, 3.8) is 0 Å². The molecule has 1 fully saturated rings. The molecule has 1 aromatic rings. The third-order valence-corrected chi connectivity index (χ3v) is 3.47. The molecule has 1 aromatic carbocycles. The van der Waals surface area contributed by atoms with Crippen LogP contribution in [0.25, 0.3) is 0 Å². The minimum Gasteiger partial charge on any atom is -0.329 e. The lowest BCUT2D eigenvalue weighted by atomic mass is 9.62. The van der Waals surface area contributed by atoms with Crippen LogP contribution in [0.1, 0.15) is 19.8 Å². The van der Waals surface area contributed by atoms with E-state index >= 15 is 0 Å². The largest absolute Gasteiger partial charge is 0.329 e. The van der Waals surface area contributed by atoms with Gasteiger partial charge >= 0.3 is 0 Å². The van der Waals surface area contributed by atoms with E-state index in [1.54, 1.807) is 18.2 Å². The first kappa shape index (κ1) is 12.0. The number of anilines is 1. The molecule has 3 nitrogen and oxygen atoms in total. The Bertz CT molecular complexity index is 427. The highest BCUT2D eigenvalue weighted by Gasteiger charge is 2.47. The number of nitrogens with two attached hydrogens (primary N) is 1. The second-order valence-corrected chi connectivity index (χ2v) is 4.93. The van der Waals surface area contributed by atoms with E-state index in [4.69, 9.17) is 5.73 Å².